The van der Waals surface area contributed by atoms with Gasteiger partial charge in [-0.25, -0.2) is 0 Å². The van der Waals surface area contributed by atoms with Crippen LogP contribution in [0.1, 0.15) is 52.4 Å². The highest BCUT2D eigenvalue weighted by Crippen LogP contribution is 2.47. The van der Waals surface area contributed by atoms with Gasteiger partial charge in [-0.1, -0.05) is 39.5 Å². The lowest BCUT2D eigenvalue weighted by Gasteiger charge is -2.23. The van der Waals surface area contributed by atoms with Crippen molar-refractivity contribution in [2.75, 3.05) is 0 Å². The predicted molar refractivity (Wildman–Crippen MR) is 53.0 cm³/mol. The molecule has 2 aliphatic rings. The number of hydrogen-bond donors (Lipinski definition) is 0. The summed E-state index contributed by atoms with van der Waals surface area (Å²) in [5.41, 5.74) is 0. The van der Waals surface area contributed by atoms with Crippen LogP contribution in [-0.2, 0) is 0 Å². The molecular weight excluding hydrogens is 144 g/mol. The first-order valence-electron chi connectivity index (χ1n) is 5.77. The van der Waals surface area contributed by atoms with Crippen LogP contribution in [-0.4, -0.2) is 0 Å². The number of rotatable bonds is 1. The van der Waals surface area contributed by atoms with Crippen molar-refractivity contribution in [2.45, 2.75) is 52.4 Å². The van der Waals surface area contributed by atoms with E-state index in [-0.39, 0.29) is 0 Å². The average Bonchev–Trinajstić information content (AvgIpc) is 2.23. The molecule has 3 unspecified atom stereocenters. The van der Waals surface area contributed by atoms with Crippen LogP contribution in [0.25, 0.3) is 0 Å². The Labute approximate surface area is 76.7 Å². The Morgan fingerprint density at radius 3 is 2.50 bits per heavy atom. The second kappa shape index (κ2) is 3.40. The third-order valence-corrected chi connectivity index (χ3v) is 4.14. The molecule has 0 radical (unpaired) electrons. The van der Waals surface area contributed by atoms with Crippen LogP contribution in [0.3, 0.4) is 0 Å². The fourth-order valence-electron chi connectivity index (χ4n) is 3.50. The van der Waals surface area contributed by atoms with E-state index in [4.69, 9.17) is 0 Å². The molecule has 0 aromatic heterocycles. The molecule has 0 aromatic carbocycles. The molecule has 0 N–H and O–H groups in total. The molecule has 12 heavy (non-hydrogen) atoms. The zero-order valence-electron chi connectivity index (χ0n) is 8.55. The summed E-state index contributed by atoms with van der Waals surface area (Å²) in [5.74, 6) is 4.25. The van der Waals surface area contributed by atoms with Crippen LogP contribution in [0.5, 0.6) is 0 Å². The van der Waals surface area contributed by atoms with E-state index in [0.29, 0.717) is 0 Å². The largest absolute Gasteiger partial charge is 0.0625 e. The maximum atomic E-state index is 2.42. The third-order valence-electron chi connectivity index (χ3n) is 4.14. The summed E-state index contributed by atoms with van der Waals surface area (Å²) in [7, 11) is 0. The zero-order valence-corrected chi connectivity index (χ0v) is 8.55. The smallest absolute Gasteiger partial charge is 0.0360 e. The summed E-state index contributed by atoms with van der Waals surface area (Å²) in [6.45, 7) is 4.84. The molecule has 0 nitrogen and oxygen atoms in total. The average molecular weight is 166 g/mol. The molecule has 0 amide bonds. The van der Waals surface area contributed by atoms with Gasteiger partial charge in [0, 0.05) is 0 Å². The topological polar surface area (TPSA) is 0 Å². The summed E-state index contributed by atoms with van der Waals surface area (Å²) in [5, 5.41) is 0. The van der Waals surface area contributed by atoms with Crippen LogP contribution in [0, 0.1) is 23.7 Å². The van der Waals surface area contributed by atoms with Crippen molar-refractivity contribution in [3.63, 3.8) is 0 Å². The van der Waals surface area contributed by atoms with Gasteiger partial charge in [-0.3, -0.25) is 0 Å². The van der Waals surface area contributed by atoms with E-state index in [0.717, 1.165) is 23.7 Å². The van der Waals surface area contributed by atoms with Gasteiger partial charge in [0.1, 0.15) is 0 Å². The summed E-state index contributed by atoms with van der Waals surface area (Å²) in [4.78, 5) is 0. The van der Waals surface area contributed by atoms with Gasteiger partial charge in [-0.15, -0.1) is 0 Å². The van der Waals surface area contributed by atoms with Crippen molar-refractivity contribution in [1.82, 2.24) is 0 Å². The molecule has 3 atom stereocenters. The molecule has 2 fully saturated rings. The molecule has 0 heteroatoms. The normalized spacial score (nSPS) is 41.8. The Kier molecular flexibility index (Phi) is 2.43. The van der Waals surface area contributed by atoms with Gasteiger partial charge < -0.3 is 0 Å². The third kappa shape index (κ3) is 1.53. The summed E-state index contributed by atoms with van der Waals surface area (Å²) < 4.78 is 0. The molecule has 0 saturated heterocycles. The summed E-state index contributed by atoms with van der Waals surface area (Å²) >= 11 is 0. The Morgan fingerprint density at radius 1 is 1.00 bits per heavy atom. The highest BCUT2D eigenvalue weighted by atomic mass is 14.4. The van der Waals surface area contributed by atoms with E-state index in [1.54, 1.807) is 25.7 Å². The van der Waals surface area contributed by atoms with Crippen molar-refractivity contribution in [2.24, 2.45) is 23.7 Å². The second-order valence-electron chi connectivity index (χ2n) is 5.29. The fraction of sp³-hybridized carbons (Fsp3) is 1.00. The quantitative estimate of drug-likeness (QED) is 0.555. The van der Waals surface area contributed by atoms with Crippen LogP contribution in [0.15, 0.2) is 0 Å². The van der Waals surface area contributed by atoms with Crippen LogP contribution >= 0.6 is 0 Å². The van der Waals surface area contributed by atoms with Gasteiger partial charge in [-0.05, 0) is 36.5 Å². The van der Waals surface area contributed by atoms with E-state index in [9.17, 15) is 0 Å². The monoisotopic (exact) mass is 166 g/mol. The lowest BCUT2D eigenvalue weighted by molar-refractivity contribution is 0.269. The van der Waals surface area contributed by atoms with Gasteiger partial charge in [0.05, 0.1) is 0 Å². The van der Waals surface area contributed by atoms with Crippen molar-refractivity contribution in [3.8, 4) is 0 Å². The van der Waals surface area contributed by atoms with Crippen molar-refractivity contribution < 1.29 is 0 Å². The molecule has 2 rings (SSSR count). The zero-order chi connectivity index (χ0) is 8.55. The summed E-state index contributed by atoms with van der Waals surface area (Å²) in [6.07, 6.45) is 9.25. The van der Waals surface area contributed by atoms with Crippen LogP contribution in [0.2, 0.25) is 0 Å². The first kappa shape index (κ1) is 8.59. The maximum absolute atomic E-state index is 2.42. The molecule has 0 heterocycles. The van der Waals surface area contributed by atoms with Crippen LogP contribution in [0.4, 0.5) is 0 Å². The first-order chi connectivity index (χ1) is 5.77. The predicted octanol–water partition coefficient (Wildman–Crippen LogP) is 3.86. The highest BCUT2D eigenvalue weighted by Gasteiger charge is 2.36. The van der Waals surface area contributed by atoms with E-state index < -0.39 is 0 Å². The number of hydrogen-bond acceptors (Lipinski definition) is 0. The molecule has 2 bridgehead atoms. The number of fused-ring (bicyclic) bond motifs is 2. The first-order valence-corrected chi connectivity index (χ1v) is 5.77. The minimum atomic E-state index is 0.943. The van der Waals surface area contributed by atoms with Gasteiger partial charge in [0.15, 0.2) is 0 Å². The Morgan fingerprint density at radius 2 is 1.75 bits per heavy atom. The van der Waals surface area contributed by atoms with E-state index in [2.05, 4.69) is 13.8 Å². The standard InChI is InChI=1S/C12H22/c1-9(2)12-8-10-5-3-4-6-11(12)7-10/h9-12H,3-8H2,1-2H3. The van der Waals surface area contributed by atoms with E-state index in [1.807, 2.05) is 0 Å². The maximum Gasteiger partial charge on any atom is -0.0360 e. The second-order valence-corrected chi connectivity index (χ2v) is 5.29. The SMILES string of the molecule is CC(C)C1CC2CCCCC1C2. The molecule has 0 aliphatic heterocycles. The van der Waals surface area contributed by atoms with Crippen molar-refractivity contribution in [1.29, 1.82) is 0 Å². The molecule has 70 valence electrons. The lowest BCUT2D eigenvalue weighted by atomic mass is 9.82. The Bertz CT molecular complexity index is 148. The van der Waals surface area contributed by atoms with Crippen LogP contribution < -0.4 is 0 Å². The minimum absolute atomic E-state index is 0.943. The van der Waals surface area contributed by atoms with Crippen molar-refractivity contribution >= 4 is 0 Å². The molecule has 0 spiro atoms. The highest BCUT2D eigenvalue weighted by molar-refractivity contribution is 4.87. The Hall–Kier alpha value is 0. The fourth-order valence-corrected chi connectivity index (χ4v) is 3.50. The molecular formula is C12H22. The Balaban J connectivity index is 2.02. The van der Waals surface area contributed by atoms with Gasteiger partial charge in [-0.2, -0.15) is 0 Å². The summed E-state index contributed by atoms with van der Waals surface area (Å²) in [6, 6.07) is 0. The van der Waals surface area contributed by atoms with Gasteiger partial charge in [0.25, 0.3) is 0 Å². The van der Waals surface area contributed by atoms with Crippen molar-refractivity contribution in [3.05, 3.63) is 0 Å². The lowest BCUT2D eigenvalue weighted by Crippen LogP contribution is -2.14. The van der Waals surface area contributed by atoms with Gasteiger partial charge in [0.2, 0.25) is 0 Å². The molecule has 2 aliphatic carbocycles. The minimum Gasteiger partial charge on any atom is -0.0625 e. The van der Waals surface area contributed by atoms with E-state index >= 15 is 0 Å². The van der Waals surface area contributed by atoms with Gasteiger partial charge >= 0.3 is 0 Å². The molecule has 2 saturated carbocycles. The van der Waals surface area contributed by atoms with E-state index in [1.165, 1.54) is 12.8 Å². The molecule has 0 aromatic rings.